The van der Waals surface area contributed by atoms with Gasteiger partial charge in [0.15, 0.2) is 0 Å². The van der Waals surface area contributed by atoms with Crippen molar-refractivity contribution in [3.8, 4) is 0 Å². The summed E-state index contributed by atoms with van der Waals surface area (Å²) in [5.74, 6) is 1.05. The van der Waals surface area contributed by atoms with Crippen molar-refractivity contribution in [1.29, 1.82) is 0 Å². The van der Waals surface area contributed by atoms with Gasteiger partial charge in [0.05, 0.1) is 13.2 Å². The molecule has 0 saturated carbocycles. The van der Waals surface area contributed by atoms with E-state index < -0.39 is 0 Å². The summed E-state index contributed by atoms with van der Waals surface area (Å²) in [5.41, 5.74) is 1.09. The van der Waals surface area contributed by atoms with Crippen LogP contribution in [0.1, 0.15) is 5.56 Å². The third-order valence-corrected chi connectivity index (χ3v) is 3.26. The highest BCUT2D eigenvalue weighted by atomic mass is 35.5. The fourth-order valence-electron chi connectivity index (χ4n) is 2.01. The van der Waals surface area contributed by atoms with E-state index in [1.165, 1.54) is 0 Å². The minimum absolute atomic E-state index is 0.184. The lowest BCUT2D eigenvalue weighted by Crippen LogP contribution is -2.37. The highest BCUT2D eigenvalue weighted by Gasteiger charge is 2.15. The molecule has 3 rings (SSSR count). The fourth-order valence-corrected chi connectivity index (χ4v) is 2.16. The monoisotopic (exact) mass is 306 g/mol. The molecule has 1 fully saturated rings. The summed E-state index contributed by atoms with van der Waals surface area (Å²) < 4.78 is 5.32. The number of nitrogens with zero attached hydrogens (tertiary/aromatic N) is 5. The smallest absolute Gasteiger partial charge is 0.231 e. The van der Waals surface area contributed by atoms with Gasteiger partial charge in [0, 0.05) is 32.0 Å². The van der Waals surface area contributed by atoms with Gasteiger partial charge < -0.3 is 15.0 Å². The molecule has 0 atom stereocenters. The van der Waals surface area contributed by atoms with Gasteiger partial charge in [0.1, 0.15) is 0 Å². The summed E-state index contributed by atoms with van der Waals surface area (Å²) in [6, 6.07) is 3.86. The Bertz CT molecular complexity index is 590. The van der Waals surface area contributed by atoms with Gasteiger partial charge in [-0.1, -0.05) is 0 Å². The molecule has 1 saturated heterocycles. The number of morpholine rings is 1. The zero-order chi connectivity index (χ0) is 14.5. The molecule has 0 spiro atoms. The Morgan fingerprint density at radius 2 is 1.90 bits per heavy atom. The van der Waals surface area contributed by atoms with Crippen LogP contribution in [0.25, 0.3) is 0 Å². The zero-order valence-electron chi connectivity index (χ0n) is 11.4. The Morgan fingerprint density at radius 3 is 2.67 bits per heavy atom. The van der Waals surface area contributed by atoms with Crippen LogP contribution in [0.5, 0.6) is 0 Å². The normalized spacial score (nSPS) is 15.0. The van der Waals surface area contributed by atoms with E-state index in [4.69, 9.17) is 16.3 Å². The van der Waals surface area contributed by atoms with E-state index >= 15 is 0 Å². The SMILES string of the molecule is Clc1nc(NCc2ccncc2)nc(N2CCOCC2)n1. The van der Waals surface area contributed by atoms with Crippen LogP contribution in [-0.4, -0.2) is 46.2 Å². The van der Waals surface area contributed by atoms with Gasteiger partial charge in [0.2, 0.25) is 17.2 Å². The highest BCUT2D eigenvalue weighted by molar-refractivity contribution is 6.28. The maximum Gasteiger partial charge on any atom is 0.231 e. The molecular weight excluding hydrogens is 292 g/mol. The number of nitrogens with one attached hydrogen (secondary N) is 1. The molecule has 8 heteroatoms. The maximum absolute atomic E-state index is 5.98. The van der Waals surface area contributed by atoms with Gasteiger partial charge in [-0.2, -0.15) is 15.0 Å². The van der Waals surface area contributed by atoms with Crippen molar-refractivity contribution in [1.82, 2.24) is 19.9 Å². The number of ether oxygens (including phenoxy) is 1. The molecule has 110 valence electrons. The first-order chi connectivity index (χ1) is 10.3. The topological polar surface area (TPSA) is 76.1 Å². The van der Waals surface area contributed by atoms with Crippen LogP contribution < -0.4 is 10.2 Å². The molecule has 2 aromatic heterocycles. The van der Waals surface area contributed by atoms with E-state index in [-0.39, 0.29) is 5.28 Å². The molecule has 3 heterocycles. The molecule has 2 aromatic rings. The minimum atomic E-state index is 0.184. The number of aromatic nitrogens is 4. The molecular formula is C13H15ClN6O. The number of anilines is 2. The van der Waals surface area contributed by atoms with Crippen molar-refractivity contribution < 1.29 is 4.74 Å². The van der Waals surface area contributed by atoms with Crippen molar-refractivity contribution in [2.45, 2.75) is 6.54 Å². The van der Waals surface area contributed by atoms with Crippen molar-refractivity contribution in [3.63, 3.8) is 0 Å². The van der Waals surface area contributed by atoms with Crippen LogP contribution in [-0.2, 0) is 11.3 Å². The van der Waals surface area contributed by atoms with E-state index in [2.05, 4.69) is 25.3 Å². The summed E-state index contributed by atoms with van der Waals surface area (Å²) in [6.45, 7) is 3.45. The van der Waals surface area contributed by atoms with Crippen molar-refractivity contribution in [2.24, 2.45) is 0 Å². The van der Waals surface area contributed by atoms with E-state index in [1.54, 1.807) is 12.4 Å². The van der Waals surface area contributed by atoms with Crippen LogP contribution >= 0.6 is 11.6 Å². The van der Waals surface area contributed by atoms with Crippen molar-refractivity contribution >= 4 is 23.5 Å². The molecule has 1 aliphatic heterocycles. The van der Waals surface area contributed by atoms with Gasteiger partial charge in [-0.25, -0.2) is 0 Å². The number of halogens is 1. The lowest BCUT2D eigenvalue weighted by molar-refractivity contribution is 0.122. The summed E-state index contributed by atoms with van der Waals surface area (Å²) in [4.78, 5) is 18.7. The molecule has 0 amide bonds. The number of rotatable bonds is 4. The third-order valence-electron chi connectivity index (χ3n) is 3.09. The average molecular weight is 307 g/mol. The van der Waals surface area contributed by atoms with Crippen molar-refractivity contribution in [3.05, 3.63) is 35.4 Å². The minimum Gasteiger partial charge on any atom is -0.378 e. The number of pyridine rings is 1. The molecule has 0 radical (unpaired) electrons. The Balaban J connectivity index is 1.71. The molecule has 0 bridgehead atoms. The molecule has 21 heavy (non-hydrogen) atoms. The quantitative estimate of drug-likeness (QED) is 0.914. The van der Waals surface area contributed by atoms with Gasteiger partial charge in [-0.05, 0) is 29.3 Å². The van der Waals surface area contributed by atoms with Crippen LogP contribution in [0.2, 0.25) is 5.28 Å². The van der Waals surface area contributed by atoms with Gasteiger partial charge in [-0.3, -0.25) is 4.98 Å². The summed E-state index contributed by atoms with van der Waals surface area (Å²) >= 11 is 5.98. The standard InChI is InChI=1S/C13H15ClN6O/c14-11-17-12(16-9-10-1-3-15-4-2-10)19-13(18-11)20-5-7-21-8-6-20/h1-4H,5-9H2,(H,16,17,18,19). The maximum atomic E-state index is 5.98. The predicted octanol–water partition coefficient (Wildman–Crippen LogP) is 1.37. The van der Waals surface area contributed by atoms with E-state index in [0.29, 0.717) is 31.7 Å². The second-order valence-corrected chi connectivity index (χ2v) is 4.87. The van der Waals surface area contributed by atoms with Gasteiger partial charge >= 0.3 is 0 Å². The summed E-state index contributed by atoms with van der Waals surface area (Å²) in [6.07, 6.45) is 3.49. The average Bonchev–Trinajstić information content (AvgIpc) is 2.54. The van der Waals surface area contributed by atoms with Crippen molar-refractivity contribution in [2.75, 3.05) is 36.5 Å². The highest BCUT2D eigenvalue weighted by Crippen LogP contribution is 2.15. The Hall–Kier alpha value is -1.99. The Morgan fingerprint density at radius 1 is 1.14 bits per heavy atom. The molecule has 1 N–H and O–H groups in total. The number of hydrogen-bond acceptors (Lipinski definition) is 7. The first-order valence-corrected chi connectivity index (χ1v) is 7.06. The number of hydrogen-bond donors (Lipinski definition) is 1. The lowest BCUT2D eigenvalue weighted by atomic mass is 10.3. The van der Waals surface area contributed by atoms with Gasteiger partial charge in [-0.15, -0.1) is 0 Å². The third kappa shape index (κ3) is 3.77. The van der Waals surface area contributed by atoms with Crippen LogP contribution in [0, 0.1) is 0 Å². The predicted molar refractivity (Wildman–Crippen MR) is 79.4 cm³/mol. The summed E-state index contributed by atoms with van der Waals surface area (Å²) in [7, 11) is 0. The van der Waals surface area contributed by atoms with E-state index in [1.807, 2.05) is 17.0 Å². The second-order valence-electron chi connectivity index (χ2n) is 4.54. The Kier molecular flexibility index (Phi) is 4.42. The fraction of sp³-hybridized carbons (Fsp3) is 0.385. The largest absolute Gasteiger partial charge is 0.378 e. The molecule has 0 aliphatic carbocycles. The molecule has 0 unspecified atom stereocenters. The van der Waals surface area contributed by atoms with Crippen LogP contribution in [0.4, 0.5) is 11.9 Å². The molecule has 0 aromatic carbocycles. The second kappa shape index (κ2) is 6.64. The van der Waals surface area contributed by atoms with E-state index in [0.717, 1.165) is 18.7 Å². The first kappa shape index (κ1) is 14.0. The first-order valence-electron chi connectivity index (χ1n) is 6.68. The van der Waals surface area contributed by atoms with Gasteiger partial charge in [0.25, 0.3) is 0 Å². The lowest BCUT2D eigenvalue weighted by Gasteiger charge is -2.26. The Labute approximate surface area is 127 Å². The van der Waals surface area contributed by atoms with Crippen LogP contribution in [0.15, 0.2) is 24.5 Å². The summed E-state index contributed by atoms with van der Waals surface area (Å²) in [5, 5.41) is 3.33. The van der Waals surface area contributed by atoms with E-state index in [9.17, 15) is 0 Å². The zero-order valence-corrected chi connectivity index (χ0v) is 12.1. The van der Waals surface area contributed by atoms with Crippen LogP contribution in [0.3, 0.4) is 0 Å². The molecule has 7 nitrogen and oxygen atoms in total. The molecule has 1 aliphatic rings.